The molecule has 1 aliphatic rings. The second-order valence-corrected chi connectivity index (χ2v) is 4.31. The normalized spacial score (nSPS) is 24.1. The third-order valence-corrected chi connectivity index (χ3v) is 3.22. The average molecular weight is 213 g/mol. The molecule has 88 valence electrons. The lowest BCUT2D eigenvalue weighted by Crippen LogP contribution is -2.42. The Kier molecular flexibility index (Phi) is 5.05. The Morgan fingerprint density at radius 3 is 3.00 bits per heavy atom. The largest absolute Gasteiger partial charge is 0.354 e. The fraction of sp³-hybridized carbons (Fsp3) is 0.909. The molecular weight excluding hydrogens is 190 g/mol. The molecule has 0 aromatic heterocycles. The molecule has 4 nitrogen and oxygen atoms in total. The average Bonchev–Trinajstić information content (AvgIpc) is 2.71. The highest BCUT2D eigenvalue weighted by molar-refractivity contribution is 5.78. The lowest BCUT2D eigenvalue weighted by molar-refractivity contribution is -0.124. The molecule has 1 rings (SSSR count). The van der Waals surface area contributed by atoms with Crippen LogP contribution >= 0.6 is 0 Å². The summed E-state index contributed by atoms with van der Waals surface area (Å²) in [6.45, 7) is 7.48. The Bertz CT molecular complexity index is 208. The van der Waals surface area contributed by atoms with E-state index in [1.54, 1.807) is 0 Å². The summed E-state index contributed by atoms with van der Waals surface area (Å²) in [7, 11) is 0. The van der Waals surface area contributed by atoms with Crippen molar-refractivity contribution in [2.24, 2.45) is 11.7 Å². The van der Waals surface area contributed by atoms with Gasteiger partial charge in [0.1, 0.15) is 0 Å². The van der Waals surface area contributed by atoms with Gasteiger partial charge in [0.25, 0.3) is 0 Å². The Morgan fingerprint density at radius 1 is 1.67 bits per heavy atom. The van der Waals surface area contributed by atoms with E-state index in [-0.39, 0.29) is 11.8 Å². The van der Waals surface area contributed by atoms with E-state index in [1.807, 2.05) is 6.92 Å². The minimum atomic E-state index is -0.0681. The molecule has 2 unspecified atom stereocenters. The summed E-state index contributed by atoms with van der Waals surface area (Å²) in [5, 5.41) is 2.98. The highest BCUT2D eigenvalue weighted by Crippen LogP contribution is 2.15. The van der Waals surface area contributed by atoms with Crippen molar-refractivity contribution in [3.8, 4) is 0 Å². The van der Waals surface area contributed by atoms with Crippen LogP contribution in [-0.2, 0) is 4.79 Å². The van der Waals surface area contributed by atoms with Crippen LogP contribution in [0.4, 0.5) is 0 Å². The van der Waals surface area contributed by atoms with Crippen LogP contribution in [0, 0.1) is 5.92 Å². The van der Waals surface area contributed by atoms with Crippen LogP contribution in [0.3, 0.4) is 0 Å². The standard InChI is InChI=1S/C11H23N3O/c1-3-14-6-4-5-10(14)8-13-11(15)9(2)7-12/h9-10H,3-8,12H2,1-2H3,(H,13,15). The number of carbonyl (C=O) groups excluding carboxylic acids is 1. The van der Waals surface area contributed by atoms with E-state index in [0.717, 1.165) is 13.1 Å². The monoisotopic (exact) mass is 213 g/mol. The molecule has 1 heterocycles. The smallest absolute Gasteiger partial charge is 0.224 e. The number of likely N-dealkylation sites (N-methyl/N-ethyl adjacent to an activating group) is 1. The quantitative estimate of drug-likeness (QED) is 0.685. The zero-order valence-corrected chi connectivity index (χ0v) is 9.83. The molecule has 2 atom stereocenters. The van der Waals surface area contributed by atoms with E-state index in [4.69, 9.17) is 5.73 Å². The van der Waals surface area contributed by atoms with Crippen LogP contribution in [0.2, 0.25) is 0 Å². The summed E-state index contributed by atoms with van der Waals surface area (Å²) in [4.78, 5) is 13.9. The predicted molar refractivity (Wildman–Crippen MR) is 61.5 cm³/mol. The third kappa shape index (κ3) is 3.47. The molecule has 0 bridgehead atoms. The summed E-state index contributed by atoms with van der Waals surface area (Å²) in [5.41, 5.74) is 5.44. The first-order chi connectivity index (χ1) is 7.19. The summed E-state index contributed by atoms with van der Waals surface area (Å²) < 4.78 is 0. The topological polar surface area (TPSA) is 58.4 Å². The van der Waals surface area contributed by atoms with Crippen molar-refractivity contribution in [2.75, 3.05) is 26.2 Å². The third-order valence-electron chi connectivity index (χ3n) is 3.22. The predicted octanol–water partition coefficient (Wildman–Crippen LogP) is 0.182. The van der Waals surface area contributed by atoms with Crippen LogP contribution in [0.15, 0.2) is 0 Å². The van der Waals surface area contributed by atoms with Gasteiger partial charge >= 0.3 is 0 Å². The molecular formula is C11H23N3O. The second-order valence-electron chi connectivity index (χ2n) is 4.31. The maximum absolute atomic E-state index is 11.5. The van der Waals surface area contributed by atoms with Gasteiger partial charge in [-0.05, 0) is 25.9 Å². The van der Waals surface area contributed by atoms with E-state index >= 15 is 0 Å². The van der Waals surface area contributed by atoms with Gasteiger partial charge in [0.05, 0.1) is 0 Å². The molecule has 0 radical (unpaired) electrons. The Balaban J connectivity index is 2.27. The maximum Gasteiger partial charge on any atom is 0.224 e. The van der Waals surface area contributed by atoms with Gasteiger partial charge in [-0.3, -0.25) is 9.69 Å². The summed E-state index contributed by atoms with van der Waals surface area (Å²) in [6, 6.07) is 0.531. The Morgan fingerprint density at radius 2 is 2.40 bits per heavy atom. The van der Waals surface area contributed by atoms with Gasteiger partial charge < -0.3 is 11.1 Å². The molecule has 15 heavy (non-hydrogen) atoms. The number of rotatable bonds is 5. The van der Waals surface area contributed by atoms with E-state index in [1.165, 1.54) is 19.4 Å². The molecule has 3 N–H and O–H groups in total. The number of hydrogen-bond acceptors (Lipinski definition) is 3. The molecule has 1 amide bonds. The van der Waals surface area contributed by atoms with Crippen molar-refractivity contribution >= 4 is 5.91 Å². The molecule has 1 saturated heterocycles. The van der Waals surface area contributed by atoms with E-state index in [2.05, 4.69) is 17.1 Å². The molecule has 0 aromatic rings. The van der Waals surface area contributed by atoms with Crippen LogP contribution < -0.4 is 11.1 Å². The fourth-order valence-electron chi connectivity index (χ4n) is 2.04. The fourth-order valence-corrected chi connectivity index (χ4v) is 2.04. The van der Waals surface area contributed by atoms with E-state index < -0.39 is 0 Å². The van der Waals surface area contributed by atoms with Crippen molar-refractivity contribution < 1.29 is 4.79 Å². The van der Waals surface area contributed by atoms with Gasteiger partial charge in [-0.15, -0.1) is 0 Å². The molecule has 0 aromatic carbocycles. The summed E-state index contributed by atoms with van der Waals surface area (Å²) in [5.74, 6) is 0.0157. The molecule has 0 spiro atoms. The van der Waals surface area contributed by atoms with Gasteiger partial charge in [0, 0.05) is 25.0 Å². The van der Waals surface area contributed by atoms with Crippen molar-refractivity contribution in [2.45, 2.75) is 32.7 Å². The maximum atomic E-state index is 11.5. The molecule has 0 aliphatic carbocycles. The minimum Gasteiger partial charge on any atom is -0.354 e. The van der Waals surface area contributed by atoms with Crippen molar-refractivity contribution in [3.63, 3.8) is 0 Å². The first-order valence-corrected chi connectivity index (χ1v) is 5.90. The molecule has 1 aliphatic heterocycles. The summed E-state index contributed by atoms with van der Waals surface area (Å²) >= 11 is 0. The van der Waals surface area contributed by atoms with Crippen LogP contribution in [0.1, 0.15) is 26.7 Å². The summed E-state index contributed by atoms with van der Waals surface area (Å²) in [6.07, 6.45) is 2.45. The number of amides is 1. The molecule has 1 fully saturated rings. The lowest BCUT2D eigenvalue weighted by Gasteiger charge is -2.23. The first kappa shape index (κ1) is 12.5. The molecule has 0 saturated carbocycles. The number of hydrogen-bond donors (Lipinski definition) is 2. The highest BCUT2D eigenvalue weighted by Gasteiger charge is 2.23. The minimum absolute atomic E-state index is 0.0681. The Labute approximate surface area is 92.2 Å². The second kappa shape index (κ2) is 6.08. The van der Waals surface area contributed by atoms with Crippen LogP contribution in [-0.4, -0.2) is 43.0 Å². The van der Waals surface area contributed by atoms with Crippen molar-refractivity contribution in [1.82, 2.24) is 10.2 Å². The number of nitrogens with one attached hydrogen (secondary N) is 1. The van der Waals surface area contributed by atoms with Crippen molar-refractivity contribution in [1.29, 1.82) is 0 Å². The van der Waals surface area contributed by atoms with Gasteiger partial charge in [-0.1, -0.05) is 13.8 Å². The number of nitrogens with two attached hydrogens (primary N) is 1. The lowest BCUT2D eigenvalue weighted by atomic mass is 10.1. The number of nitrogens with zero attached hydrogens (tertiary/aromatic N) is 1. The van der Waals surface area contributed by atoms with Gasteiger partial charge in [0.2, 0.25) is 5.91 Å². The van der Waals surface area contributed by atoms with Crippen LogP contribution in [0.5, 0.6) is 0 Å². The SMILES string of the molecule is CCN1CCCC1CNC(=O)C(C)CN. The van der Waals surface area contributed by atoms with Crippen LogP contribution in [0.25, 0.3) is 0 Å². The van der Waals surface area contributed by atoms with Crippen molar-refractivity contribution in [3.05, 3.63) is 0 Å². The van der Waals surface area contributed by atoms with E-state index in [9.17, 15) is 4.79 Å². The van der Waals surface area contributed by atoms with E-state index in [0.29, 0.717) is 12.6 Å². The molecule has 4 heteroatoms. The zero-order chi connectivity index (χ0) is 11.3. The van der Waals surface area contributed by atoms with Gasteiger partial charge in [-0.2, -0.15) is 0 Å². The zero-order valence-electron chi connectivity index (χ0n) is 9.83. The van der Waals surface area contributed by atoms with Gasteiger partial charge in [0.15, 0.2) is 0 Å². The highest BCUT2D eigenvalue weighted by atomic mass is 16.1. The van der Waals surface area contributed by atoms with Gasteiger partial charge in [-0.25, -0.2) is 0 Å². The Hall–Kier alpha value is -0.610. The first-order valence-electron chi connectivity index (χ1n) is 5.90. The number of likely N-dealkylation sites (tertiary alicyclic amines) is 1. The number of carbonyl (C=O) groups is 1.